The van der Waals surface area contributed by atoms with Gasteiger partial charge in [0, 0.05) is 0 Å². The van der Waals surface area contributed by atoms with Gasteiger partial charge >= 0.3 is 0 Å². The number of rotatable bonds is 16. The smallest absolute Gasteiger partial charge is 0.119 e. The van der Waals surface area contributed by atoms with Crippen LogP contribution < -0.4 is 9.47 Å². The lowest BCUT2D eigenvalue weighted by Crippen LogP contribution is -2.11. The predicted octanol–water partition coefficient (Wildman–Crippen LogP) is 11.9. The number of unbranched alkanes of at least 4 members (excludes halogenated alkanes) is 2. The average molecular weight is 619 g/mol. The van der Waals surface area contributed by atoms with E-state index in [4.69, 9.17) is 9.47 Å². The number of fused-ring (bicyclic) bond motifs is 2. The minimum atomic E-state index is 0.216. The van der Waals surface area contributed by atoms with E-state index in [2.05, 4.69) is 52.0 Å². The van der Waals surface area contributed by atoms with Crippen LogP contribution in [0.25, 0.3) is 43.8 Å². The number of phenolic OH excluding ortho intramolecular Hbond substituents is 2. The molecule has 0 saturated carbocycles. The van der Waals surface area contributed by atoms with Crippen molar-refractivity contribution in [2.75, 3.05) is 13.2 Å². The fourth-order valence-electron chi connectivity index (χ4n) is 6.49. The van der Waals surface area contributed by atoms with Crippen LogP contribution in [0.1, 0.15) is 79.1 Å². The first-order valence-corrected chi connectivity index (χ1v) is 17.3. The lowest BCUT2D eigenvalue weighted by molar-refractivity contribution is 0.233. The van der Waals surface area contributed by atoms with Crippen molar-refractivity contribution in [3.63, 3.8) is 0 Å². The molecule has 5 rings (SSSR count). The van der Waals surface area contributed by atoms with Crippen LogP contribution in [-0.4, -0.2) is 23.4 Å². The maximum Gasteiger partial charge on any atom is 0.119 e. The maximum absolute atomic E-state index is 10.7. The zero-order valence-corrected chi connectivity index (χ0v) is 28.0. The first kappa shape index (κ1) is 33.2. The van der Waals surface area contributed by atoms with E-state index in [1.54, 1.807) is 12.1 Å². The highest BCUT2D eigenvalue weighted by molar-refractivity contribution is 6.21. The molecule has 0 aliphatic rings. The highest BCUT2D eigenvalue weighted by Crippen LogP contribution is 2.46. The van der Waals surface area contributed by atoms with Gasteiger partial charge in [0.2, 0.25) is 0 Å². The molecule has 5 aromatic carbocycles. The number of aromatic hydroxyl groups is 2. The van der Waals surface area contributed by atoms with Crippen LogP contribution in [0.2, 0.25) is 0 Å². The Bertz CT molecular complexity index is 1580. The summed E-state index contributed by atoms with van der Waals surface area (Å²) in [5, 5.41) is 25.3. The summed E-state index contributed by atoms with van der Waals surface area (Å²) < 4.78 is 12.4. The molecular weight excluding hydrogens is 568 g/mol. The molecule has 0 heterocycles. The first-order valence-electron chi connectivity index (χ1n) is 17.3. The van der Waals surface area contributed by atoms with Gasteiger partial charge in [-0.25, -0.2) is 0 Å². The molecule has 2 N–H and O–H groups in total. The molecule has 5 aromatic rings. The van der Waals surface area contributed by atoms with E-state index in [0.29, 0.717) is 11.8 Å². The summed E-state index contributed by atoms with van der Waals surface area (Å²) in [5.74, 6) is 3.29. The highest BCUT2D eigenvalue weighted by Gasteiger charge is 2.18. The fourth-order valence-corrected chi connectivity index (χ4v) is 6.49. The molecule has 0 radical (unpaired) electrons. The molecule has 0 fully saturated rings. The number of phenols is 2. The molecule has 0 bridgehead atoms. The van der Waals surface area contributed by atoms with Crippen LogP contribution in [0.15, 0.2) is 84.9 Å². The highest BCUT2D eigenvalue weighted by atomic mass is 16.5. The third-order valence-corrected chi connectivity index (χ3v) is 9.43. The monoisotopic (exact) mass is 618 g/mol. The maximum atomic E-state index is 10.7. The number of hydrogen-bond donors (Lipinski definition) is 2. The van der Waals surface area contributed by atoms with Crippen molar-refractivity contribution in [1.82, 2.24) is 0 Å². The van der Waals surface area contributed by atoms with Gasteiger partial charge in [0.25, 0.3) is 0 Å². The lowest BCUT2D eigenvalue weighted by atomic mass is 9.85. The molecule has 0 aliphatic heterocycles. The van der Waals surface area contributed by atoms with Gasteiger partial charge in [-0.2, -0.15) is 0 Å². The van der Waals surface area contributed by atoms with Gasteiger partial charge in [0.15, 0.2) is 0 Å². The van der Waals surface area contributed by atoms with E-state index in [1.807, 2.05) is 48.5 Å². The average Bonchev–Trinajstić information content (AvgIpc) is 3.08. The van der Waals surface area contributed by atoms with Gasteiger partial charge in [-0.05, 0) is 117 Å². The van der Waals surface area contributed by atoms with Gasteiger partial charge < -0.3 is 19.7 Å². The summed E-state index contributed by atoms with van der Waals surface area (Å²) in [6.07, 6.45) is 9.50. The lowest BCUT2D eigenvalue weighted by Gasteiger charge is -2.19. The second kappa shape index (κ2) is 15.9. The standard InChI is InChI=1S/C42H50O4/c1-5-9-11-29(7-3)27-45-35-19-13-31(14-20-35)41-37-23-17-34(44)26-40(37)42(38-24-18-33(43)25-39(38)41)32-15-21-36(22-16-32)46-28-30(8-4)12-10-6-2/h13-26,29-30,43-44H,5-12,27-28H2,1-4H3. The van der Waals surface area contributed by atoms with E-state index < -0.39 is 0 Å². The Morgan fingerprint density at radius 2 is 0.891 bits per heavy atom. The zero-order chi connectivity index (χ0) is 32.5. The molecule has 0 spiro atoms. The van der Waals surface area contributed by atoms with E-state index in [9.17, 15) is 10.2 Å². The summed E-state index contributed by atoms with van der Waals surface area (Å²) in [6.45, 7) is 10.4. The SMILES string of the molecule is CCCCC(CC)COc1ccc(-c2c3ccc(O)cc3c(-c3ccc(OCC(CC)CCCC)cc3)c3ccc(O)cc23)cc1. The van der Waals surface area contributed by atoms with Crippen molar-refractivity contribution < 1.29 is 19.7 Å². The van der Waals surface area contributed by atoms with Crippen LogP contribution in [0.4, 0.5) is 0 Å². The number of ether oxygens (including phenoxy) is 2. The fraction of sp³-hybridized carbons (Fsp3) is 0.381. The Kier molecular flexibility index (Phi) is 11.5. The summed E-state index contributed by atoms with van der Waals surface area (Å²) in [5.41, 5.74) is 4.09. The largest absolute Gasteiger partial charge is 0.508 e. The number of hydrogen-bond acceptors (Lipinski definition) is 4. The molecular formula is C42H50O4. The molecule has 0 aliphatic carbocycles. The first-order chi connectivity index (χ1) is 22.4. The van der Waals surface area contributed by atoms with Crippen molar-refractivity contribution >= 4 is 21.5 Å². The van der Waals surface area contributed by atoms with Gasteiger partial charge in [0.05, 0.1) is 13.2 Å². The minimum absolute atomic E-state index is 0.216. The van der Waals surface area contributed by atoms with Crippen LogP contribution >= 0.6 is 0 Å². The second-order valence-electron chi connectivity index (χ2n) is 12.7. The van der Waals surface area contributed by atoms with Crippen molar-refractivity contribution in [3.8, 4) is 45.3 Å². The van der Waals surface area contributed by atoms with Crippen LogP contribution in [-0.2, 0) is 0 Å². The zero-order valence-electron chi connectivity index (χ0n) is 28.0. The normalized spacial score (nSPS) is 12.8. The molecule has 0 aromatic heterocycles. The molecule has 4 heteroatoms. The van der Waals surface area contributed by atoms with E-state index in [0.717, 1.165) is 81.4 Å². The van der Waals surface area contributed by atoms with Crippen molar-refractivity contribution in [2.45, 2.75) is 79.1 Å². The molecule has 2 atom stereocenters. The van der Waals surface area contributed by atoms with Gasteiger partial charge in [0.1, 0.15) is 23.0 Å². The Hall–Kier alpha value is -4.18. The number of benzene rings is 5. The quantitative estimate of drug-likeness (QED) is 0.108. The van der Waals surface area contributed by atoms with E-state index in [1.165, 1.54) is 38.5 Å². The minimum Gasteiger partial charge on any atom is -0.508 e. The molecule has 0 saturated heterocycles. The summed E-state index contributed by atoms with van der Waals surface area (Å²) in [6, 6.07) is 27.7. The van der Waals surface area contributed by atoms with E-state index in [-0.39, 0.29) is 11.5 Å². The third-order valence-electron chi connectivity index (χ3n) is 9.43. The van der Waals surface area contributed by atoms with Gasteiger partial charge in [-0.15, -0.1) is 0 Å². The summed E-state index contributed by atoms with van der Waals surface area (Å²) in [7, 11) is 0. The van der Waals surface area contributed by atoms with Crippen LogP contribution in [0, 0.1) is 11.8 Å². The Labute approximate surface area is 275 Å². The van der Waals surface area contributed by atoms with E-state index >= 15 is 0 Å². The van der Waals surface area contributed by atoms with Crippen molar-refractivity contribution in [2.24, 2.45) is 11.8 Å². The Morgan fingerprint density at radius 3 is 1.24 bits per heavy atom. The molecule has 0 amide bonds. The summed E-state index contributed by atoms with van der Waals surface area (Å²) in [4.78, 5) is 0. The molecule has 242 valence electrons. The molecule has 2 unspecified atom stereocenters. The summed E-state index contributed by atoms with van der Waals surface area (Å²) >= 11 is 0. The van der Waals surface area contributed by atoms with Gasteiger partial charge in [-0.1, -0.05) is 103 Å². The topological polar surface area (TPSA) is 58.9 Å². The molecule has 4 nitrogen and oxygen atoms in total. The van der Waals surface area contributed by atoms with Crippen molar-refractivity contribution in [3.05, 3.63) is 84.9 Å². The predicted molar refractivity (Wildman–Crippen MR) is 193 cm³/mol. The third kappa shape index (κ3) is 7.78. The Morgan fingerprint density at radius 1 is 0.500 bits per heavy atom. The molecule has 46 heavy (non-hydrogen) atoms. The van der Waals surface area contributed by atoms with Crippen LogP contribution in [0.3, 0.4) is 0 Å². The second-order valence-corrected chi connectivity index (χ2v) is 12.7. The van der Waals surface area contributed by atoms with Crippen LogP contribution in [0.5, 0.6) is 23.0 Å². The Balaban J connectivity index is 1.52. The van der Waals surface area contributed by atoms with Crippen molar-refractivity contribution in [1.29, 1.82) is 0 Å². The van der Waals surface area contributed by atoms with Gasteiger partial charge in [-0.3, -0.25) is 0 Å².